The first-order valence-electron chi connectivity index (χ1n) is 5.25. The Labute approximate surface area is 99.6 Å². The predicted octanol–water partition coefficient (Wildman–Crippen LogP) is 1.92. The maximum atomic E-state index is 3.59. The van der Waals surface area contributed by atoms with Crippen molar-refractivity contribution in [2.45, 2.75) is 38.8 Å². The Balaban J connectivity index is 0.000000845. The molecule has 1 saturated carbocycles. The van der Waals surface area contributed by atoms with E-state index in [2.05, 4.69) is 24.1 Å². The van der Waals surface area contributed by atoms with Gasteiger partial charge in [0.15, 0.2) is 0 Å². The van der Waals surface area contributed by atoms with E-state index in [4.69, 9.17) is 0 Å². The molecule has 0 unspecified atom stereocenters. The molecule has 1 aliphatic carbocycles. The molecule has 1 atom stereocenters. The summed E-state index contributed by atoms with van der Waals surface area (Å²) in [6.07, 6.45) is 2.90. The summed E-state index contributed by atoms with van der Waals surface area (Å²) >= 11 is 0. The molecule has 0 amide bonds. The summed E-state index contributed by atoms with van der Waals surface area (Å²) in [5.74, 6) is 0.784. The number of hydrogen-bond acceptors (Lipinski definition) is 2. The standard InChI is InChI=1S/C10H20N2.2ClH/c1-8(2)10-7-12(6-5-11-10)9-3-4-9;;/h8-11H,3-7H2,1-2H3;2*1H/t10-;;/m0../s1. The van der Waals surface area contributed by atoms with Gasteiger partial charge in [-0.25, -0.2) is 0 Å². The van der Waals surface area contributed by atoms with Gasteiger partial charge in [0.25, 0.3) is 0 Å². The second-order valence-corrected chi connectivity index (χ2v) is 4.53. The van der Waals surface area contributed by atoms with E-state index < -0.39 is 0 Å². The summed E-state index contributed by atoms with van der Waals surface area (Å²) in [5.41, 5.74) is 0. The molecular formula is C10H22Cl2N2. The molecule has 2 nitrogen and oxygen atoms in total. The highest BCUT2D eigenvalue weighted by Crippen LogP contribution is 2.28. The van der Waals surface area contributed by atoms with E-state index >= 15 is 0 Å². The number of rotatable bonds is 2. The summed E-state index contributed by atoms with van der Waals surface area (Å²) in [7, 11) is 0. The van der Waals surface area contributed by atoms with E-state index in [1.807, 2.05) is 0 Å². The van der Waals surface area contributed by atoms with Crippen molar-refractivity contribution in [3.63, 3.8) is 0 Å². The third-order valence-corrected chi connectivity index (χ3v) is 3.10. The van der Waals surface area contributed by atoms with Gasteiger partial charge in [-0.05, 0) is 18.8 Å². The van der Waals surface area contributed by atoms with Crippen molar-refractivity contribution in [3.8, 4) is 0 Å². The quantitative estimate of drug-likeness (QED) is 0.794. The van der Waals surface area contributed by atoms with Gasteiger partial charge in [0.2, 0.25) is 0 Å². The fraction of sp³-hybridized carbons (Fsp3) is 1.00. The predicted molar refractivity (Wildman–Crippen MR) is 65.7 cm³/mol. The van der Waals surface area contributed by atoms with Crippen molar-refractivity contribution in [2.75, 3.05) is 19.6 Å². The highest BCUT2D eigenvalue weighted by atomic mass is 35.5. The zero-order valence-electron chi connectivity index (χ0n) is 9.03. The SMILES string of the molecule is CC(C)[C@@H]1CN(C2CC2)CCN1.Cl.Cl. The van der Waals surface area contributed by atoms with Crippen molar-refractivity contribution in [2.24, 2.45) is 5.92 Å². The molecular weight excluding hydrogens is 219 g/mol. The summed E-state index contributed by atoms with van der Waals surface area (Å²) in [5, 5.41) is 3.59. The van der Waals surface area contributed by atoms with Gasteiger partial charge >= 0.3 is 0 Å². The first-order chi connectivity index (χ1) is 5.77. The van der Waals surface area contributed by atoms with Crippen LogP contribution >= 0.6 is 24.8 Å². The lowest BCUT2D eigenvalue weighted by molar-refractivity contribution is 0.168. The Kier molecular flexibility index (Phi) is 6.38. The maximum absolute atomic E-state index is 3.59. The summed E-state index contributed by atoms with van der Waals surface area (Å²) in [4.78, 5) is 2.67. The third kappa shape index (κ3) is 3.58. The Hall–Kier alpha value is 0.500. The van der Waals surface area contributed by atoms with Crippen molar-refractivity contribution < 1.29 is 0 Å². The van der Waals surface area contributed by atoms with Crippen molar-refractivity contribution in [1.82, 2.24) is 10.2 Å². The average Bonchev–Trinajstić information content (AvgIpc) is 2.87. The molecule has 86 valence electrons. The lowest BCUT2D eigenvalue weighted by Gasteiger charge is -2.35. The van der Waals surface area contributed by atoms with Gasteiger partial charge in [-0.1, -0.05) is 13.8 Å². The summed E-state index contributed by atoms with van der Waals surface area (Å²) in [6.45, 7) is 8.37. The molecule has 0 aromatic carbocycles. The smallest absolute Gasteiger partial charge is 0.0218 e. The molecule has 0 spiro atoms. The average molecular weight is 241 g/mol. The molecule has 14 heavy (non-hydrogen) atoms. The number of halogens is 2. The van der Waals surface area contributed by atoms with Crippen LogP contribution in [0, 0.1) is 5.92 Å². The molecule has 0 radical (unpaired) electrons. The molecule has 4 heteroatoms. The van der Waals surface area contributed by atoms with Crippen molar-refractivity contribution in [3.05, 3.63) is 0 Å². The third-order valence-electron chi connectivity index (χ3n) is 3.10. The normalized spacial score (nSPS) is 28.1. The van der Waals surface area contributed by atoms with Gasteiger partial charge in [-0.2, -0.15) is 0 Å². The molecule has 1 saturated heterocycles. The van der Waals surface area contributed by atoms with Crippen LogP contribution in [0.1, 0.15) is 26.7 Å². The van der Waals surface area contributed by atoms with Crippen LogP contribution in [0.2, 0.25) is 0 Å². The topological polar surface area (TPSA) is 15.3 Å². The second-order valence-electron chi connectivity index (χ2n) is 4.53. The van der Waals surface area contributed by atoms with Gasteiger partial charge in [-0.15, -0.1) is 24.8 Å². The maximum Gasteiger partial charge on any atom is 0.0218 e. The van der Waals surface area contributed by atoms with Crippen LogP contribution in [-0.4, -0.2) is 36.6 Å². The number of piperazine rings is 1. The summed E-state index contributed by atoms with van der Waals surface area (Å²) < 4.78 is 0. The van der Waals surface area contributed by atoms with E-state index in [-0.39, 0.29) is 24.8 Å². The van der Waals surface area contributed by atoms with Crippen LogP contribution in [0.4, 0.5) is 0 Å². The fourth-order valence-corrected chi connectivity index (χ4v) is 2.02. The number of hydrogen-bond donors (Lipinski definition) is 1. The van der Waals surface area contributed by atoms with Crippen LogP contribution in [0.15, 0.2) is 0 Å². The Morgan fingerprint density at radius 1 is 1.21 bits per heavy atom. The highest BCUT2D eigenvalue weighted by molar-refractivity contribution is 5.85. The highest BCUT2D eigenvalue weighted by Gasteiger charge is 2.32. The molecule has 2 fully saturated rings. The number of nitrogens with one attached hydrogen (secondary N) is 1. The monoisotopic (exact) mass is 240 g/mol. The minimum absolute atomic E-state index is 0. The van der Waals surface area contributed by atoms with Gasteiger partial charge in [0.05, 0.1) is 0 Å². The Morgan fingerprint density at radius 2 is 1.86 bits per heavy atom. The zero-order valence-corrected chi connectivity index (χ0v) is 10.7. The fourth-order valence-electron chi connectivity index (χ4n) is 2.02. The van der Waals surface area contributed by atoms with Crippen LogP contribution < -0.4 is 5.32 Å². The minimum atomic E-state index is 0. The van der Waals surface area contributed by atoms with Crippen molar-refractivity contribution in [1.29, 1.82) is 0 Å². The lowest BCUT2D eigenvalue weighted by atomic mass is 10.0. The van der Waals surface area contributed by atoms with Crippen LogP contribution in [0.3, 0.4) is 0 Å². The first kappa shape index (κ1) is 14.5. The van der Waals surface area contributed by atoms with Gasteiger partial charge in [0, 0.05) is 31.7 Å². The van der Waals surface area contributed by atoms with E-state index in [1.54, 1.807) is 0 Å². The van der Waals surface area contributed by atoms with Crippen molar-refractivity contribution >= 4 is 24.8 Å². The Bertz CT molecular complexity index is 152. The summed E-state index contributed by atoms with van der Waals surface area (Å²) in [6, 6.07) is 1.69. The van der Waals surface area contributed by atoms with Gasteiger partial charge in [0.1, 0.15) is 0 Å². The molecule has 0 bridgehead atoms. The molecule has 2 rings (SSSR count). The zero-order chi connectivity index (χ0) is 8.55. The molecule has 0 aromatic rings. The van der Waals surface area contributed by atoms with E-state index in [0.29, 0.717) is 0 Å². The van der Waals surface area contributed by atoms with Crippen LogP contribution in [0.25, 0.3) is 0 Å². The number of nitrogens with zero attached hydrogens (tertiary/aromatic N) is 1. The van der Waals surface area contributed by atoms with Gasteiger partial charge in [-0.3, -0.25) is 4.90 Å². The molecule has 0 aromatic heterocycles. The molecule has 1 heterocycles. The Morgan fingerprint density at radius 3 is 2.36 bits per heavy atom. The lowest BCUT2D eigenvalue weighted by Crippen LogP contribution is -2.53. The first-order valence-corrected chi connectivity index (χ1v) is 5.25. The largest absolute Gasteiger partial charge is 0.311 e. The van der Waals surface area contributed by atoms with E-state index in [1.165, 1.54) is 32.5 Å². The van der Waals surface area contributed by atoms with E-state index in [9.17, 15) is 0 Å². The van der Waals surface area contributed by atoms with Crippen LogP contribution in [0.5, 0.6) is 0 Å². The second kappa shape index (κ2) is 6.16. The van der Waals surface area contributed by atoms with Crippen LogP contribution in [-0.2, 0) is 0 Å². The molecule has 2 aliphatic rings. The molecule has 1 aliphatic heterocycles. The van der Waals surface area contributed by atoms with E-state index in [0.717, 1.165) is 18.0 Å². The minimum Gasteiger partial charge on any atom is -0.311 e. The molecule has 1 N–H and O–H groups in total. The van der Waals surface area contributed by atoms with Gasteiger partial charge < -0.3 is 5.32 Å².